The molecule has 1 aromatic heterocycles. The maximum Gasteiger partial charge on any atom is 0.118 e. The van der Waals surface area contributed by atoms with Gasteiger partial charge in [0.15, 0.2) is 0 Å². The second-order valence-corrected chi connectivity index (χ2v) is 7.43. The lowest BCUT2D eigenvalue weighted by Crippen LogP contribution is -2.40. The van der Waals surface area contributed by atoms with E-state index in [9.17, 15) is 0 Å². The summed E-state index contributed by atoms with van der Waals surface area (Å²) in [7, 11) is 0. The lowest BCUT2D eigenvalue weighted by atomic mass is 9.97. The summed E-state index contributed by atoms with van der Waals surface area (Å²) in [6.45, 7) is 11.3. The van der Waals surface area contributed by atoms with Gasteiger partial charge in [-0.1, -0.05) is 20.8 Å². The van der Waals surface area contributed by atoms with Crippen LogP contribution in [-0.4, -0.2) is 30.6 Å². The number of likely N-dealkylation sites (tertiary alicyclic amines) is 1. The Morgan fingerprint density at radius 1 is 1.38 bits per heavy atom. The molecule has 1 aromatic rings. The molecule has 0 radical (unpaired) electrons. The van der Waals surface area contributed by atoms with Gasteiger partial charge in [-0.2, -0.15) is 0 Å². The van der Waals surface area contributed by atoms with Crippen LogP contribution >= 0.6 is 0 Å². The third-order valence-electron chi connectivity index (χ3n) is 4.95. The third-order valence-corrected chi connectivity index (χ3v) is 4.95. The zero-order valence-corrected chi connectivity index (χ0v) is 13.8. The molecule has 3 unspecified atom stereocenters. The minimum Gasteiger partial charge on any atom is -0.464 e. The smallest absolute Gasteiger partial charge is 0.118 e. The summed E-state index contributed by atoms with van der Waals surface area (Å²) < 4.78 is 6.06. The van der Waals surface area contributed by atoms with Crippen molar-refractivity contribution in [2.45, 2.75) is 58.5 Å². The summed E-state index contributed by atoms with van der Waals surface area (Å²) in [5.74, 6) is 4.68. The largest absolute Gasteiger partial charge is 0.464 e. The van der Waals surface area contributed by atoms with Gasteiger partial charge >= 0.3 is 0 Å². The van der Waals surface area contributed by atoms with Gasteiger partial charge in [-0.05, 0) is 56.3 Å². The average molecular weight is 290 g/mol. The lowest BCUT2D eigenvalue weighted by Gasteiger charge is -2.32. The van der Waals surface area contributed by atoms with E-state index in [4.69, 9.17) is 4.42 Å². The molecule has 3 rings (SSSR count). The fraction of sp³-hybridized carbons (Fsp3) is 0.778. The van der Waals surface area contributed by atoms with Crippen molar-refractivity contribution in [2.75, 3.05) is 19.6 Å². The maximum absolute atomic E-state index is 6.06. The van der Waals surface area contributed by atoms with Crippen LogP contribution in [0.4, 0.5) is 0 Å². The van der Waals surface area contributed by atoms with Gasteiger partial charge in [-0.25, -0.2) is 0 Å². The van der Waals surface area contributed by atoms with E-state index < -0.39 is 0 Å². The van der Waals surface area contributed by atoms with Crippen LogP contribution in [-0.2, 0) is 6.54 Å². The second-order valence-electron chi connectivity index (χ2n) is 7.43. The molecule has 1 saturated carbocycles. The first-order valence-corrected chi connectivity index (χ1v) is 8.66. The first kappa shape index (κ1) is 15.1. The summed E-state index contributed by atoms with van der Waals surface area (Å²) >= 11 is 0. The molecule has 3 atom stereocenters. The van der Waals surface area contributed by atoms with Crippen molar-refractivity contribution in [3.8, 4) is 0 Å². The molecule has 1 aliphatic carbocycles. The molecule has 3 heteroatoms. The van der Waals surface area contributed by atoms with E-state index in [0.29, 0.717) is 12.0 Å². The van der Waals surface area contributed by atoms with Gasteiger partial charge in [0.1, 0.15) is 11.5 Å². The Kier molecular flexibility index (Phi) is 4.70. The molecule has 1 aliphatic heterocycles. The highest BCUT2D eigenvalue weighted by Gasteiger charge is 2.36. The molecule has 2 aliphatic rings. The highest BCUT2D eigenvalue weighted by molar-refractivity contribution is 5.17. The molecule has 0 amide bonds. The highest BCUT2D eigenvalue weighted by Crippen LogP contribution is 2.47. The summed E-state index contributed by atoms with van der Waals surface area (Å²) in [5.41, 5.74) is 0. The SMILES string of the molecule is CC(C)NCC1CCCN(Cc2ccc(C3CC3C)o2)C1. The van der Waals surface area contributed by atoms with Gasteiger partial charge in [-0.15, -0.1) is 0 Å². The molecule has 1 N–H and O–H groups in total. The molecule has 0 spiro atoms. The van der Waals surface area contributed by atoms with Gasteiger partial charge in [0.05, 0.1) is 6.54 Å². The number of piperidine rings is 1. The van der Waals surface area contributed by atoms with Gasteiger partial charge in [0.25, 0.3) is 0 Å². The molecule has 1 saturated heterocycles. The Hall–Kier alpha value is -0.800. The predicted octanol–water partition coefficient (Wildman–Crippen LogP) is 3.61. The van der Waals surface area contributed by atoms with Crippen LogP contribution in [0.2, 0.25) is 0 Å². The molecule has 21 heavy (non-hydrogen) atoms. The van der Waals surface area contributed by atoms with Crippen LogP contribution in [0.15, 0.2) is 16.5 Å². The fourth-order valence-corrected chi connectivity index (χ4v) is 3.48. The van der Waals surface area contributed by atoms with Crippen molar-refractivity contribution < 1.29 is 4.42 Å². The Bertz CT molecular complexity index is 454. The minimum absolute atomic E-state index is 0.591. The summed E-state index contributed by atoms with van der Waals surface area (Å²) in [6, 6.07) is 4.98. The van der Waals surface area contributed by atoms with Crippen molar-refractivity contribution in [3.63, 3.8) is 0 Å². The van der Waals surface area contributed by atoms with Gasteiger partial charge in [0, 0.05) is 18.5 Å². The molecular weight excluding hydrogens is 260 g/mol. The lowest BCUT2D eigenvalue weighted by molar-refractivity contribution is 0.153. The first-order valence-electron chi connectivity index (χ1n) is 8.66. The zero-order valence-electron chi connectivity index (χ0n) is 13.8. The van der Waals surface area contributed by atoms with Crippen LogP contribution in [0.3, 0.4) is 0 Å². The molecule has 0 bridgehead atoms. The van der Waals surface area contributed by atoms with E-state index >= 15 is 0 Å². The minimum atomic E-state index is 0.591. The number of nitrogens with one attached hydrogen (secondary N) is 1. The predicted molar refractivity (Wildman–Crippen MR) is 86.4 cm³/mol. The third kappa shape index (κ3) is 4.10. The van der Waals surface area contributed by atoms with Gasteiger partial charge in [-0.3, -0.25) is 4.90 Å². The summed E-state index contributed by atoms with van der Waals surface area (Å²) in [5, 5.41) is 3.58. The molecule has 118 valence electrons. The Labute approximate surface area is 129 Å². The molecular formula is C18H30N2O. The Morgan fingerprint density at radius 3 is 2.90 bits per heavy atom. The Balaban J connectivity index is 1.49. The highest BCUT2D eigenvalue weighted by atomic mass is 16.3. The monoisotopic (exact) mass is 290 g/mol. The molecule has 0 aromatic carbocycles. The molecule has 2 heterocycles. The number of furan rings is 1. The second kappa shape index (κ2) is 6.53. The van der Waals surface area contributed by atoms with Crippen molar-refractivity contribution in [3.05, 3.63) is 23.7 Å². The number of hydrogen-bond donors (Lipinski definition) is 1. The standard InChI is InChI=1S/C18H30N2O/c1-13(2)19-10-15-5-4-8-20(11-15)12-16-6-7-18(21-16)17-9-14(17)3/h6-7,13-15,17,19H,4-5,8-12H2,1-3H3. The van der Waals surface area contributed by atoms with Crippen molar-refractivity contribution in [2.24, 2.45) is 11.8 Å². The van der Waals surface area contributed by atoms with Crippen molar-refractivity contribution >= 4 is 0 Å². The summed E-state index contributed by atoms with van der Waals surface area (Å²) in [6.07, 6.45) is 3.98. The van der Waals surface area contributed by atoms with Gasteiger partial charge in [0.2, 0.25) is 0 Å². The topological polar surface area (TPSA) is 28.4 Å². The van der Waals surface area contributed by atoms with E-state index in [2.05, 4.69) is 43.1 Å². The van der Waals surface area contributed by atoms with E-state index in [1.807, 2.05) is 0 Å². The van der Waals surface area contributed by atoms with Crippen LogP contribution in [0.5, 0.6) is 0 Å². The average Bonchev–Trinajstić information content (AvgIpc) is 3.00. The van der Waals surface area contributed by atoms with Crippen LogP contribution in [0.25, 0.3) is 0 Å². The van der Waals surface area contributed by atoms with E-state index in [-0.39, 0.29) is 0 Å². The van der Waals surface area contributed by atoms with Crippen molar-refractivity contribution in [1.82, 2.24) is 10.2 Å². The normalized spacial score (nSPS) is 30.0. The summed E-state index contributed by atoms with van der Waals surface area (Å²) in [4.78, 5) is 2.56. The first-order chi connectivity index (χ1) is 10.1. The van der Waals surface area contributed by atoms with Crippen LogP contribution < -0.4 is 5.32 Å². The van der Waals surface area contributed by atoms with Crippen molar-refractivity contribution in [1.29, 1.82) is 0 Å². The zero-order chi connectivity index (χ0) is 14.8. The number of nitrogens with zero attached hydrogens (tertiary/aromatic N) is 1. The van der Waals surface area contributed by atoms with Crippen LogP contribution in [0, 0.1) is 11.8 Å². The number of rotatable bonds is 6. The quantitative estimate of drug-likeness (QED) is 0.867. The van der Waals surface area contributed by atoms with Gasteiger partial charge < -0.3 is 9.73 Å². The fourth-order valence-electron chi connectivity index (χ4n) is 3.48. The van der Waals surface area contributed by atoms with Crippen LogP contribution in [0.1, 0.15) is 57.5 Å². The Morgan fingerprint density at radius 2 is 2.19 bits per heavy atom. The molecule has 3 nitrogen and oxygen atoms in total. The van der Waals surface area contributed by atoms with E-state index in [1.165, 1.54) is 38.1 Å². The van der Waals surface area contributed by atoms with E-state index in [1.54, 1.807) is 0 Å². The maximum atomic E-state index is 6.06. The molecule has 2 fully saturated rings. The van der Waals surface area contributed by atoms with E-state index in [0.717, 1.165) is 30.7 Å². The number of hydrogen-bond acceptors (Lipinski definition) is 3.